The number of rotatable bonds is 8. The first-order valence-electron chi connectivity index (χ1n) is 9.78. The van der Waals surface area contributed by atoms with Crippen LogP contribution in [0.25, 0.3) is 0 Å². The third-order valence-electron chi connectivity index (χ3n) is 4.91. The van der Waals surface area contributed by atoms with E-state index in [9.17, 15) is 9.59 Å². The molecule has 1 aliphatic rings. The van der Waals surface area contributed by atoms with Gasteiger partial charge in [-0.15, -0.1) is 0 Å². The summed E-state index contributed by atoms with van der Waals surface area (Å²) < 4.78 is 16.7. The quantitative estimate of drug-likeness (QED) is 0.711. The van der Waals surface area contributed by atoms with Crippen molar-refractivity contribution in [1.82, 2.24) is 4.90 Å². The third kappa shape index (κ3) is 4.76. The second-order valence-electron chi connectivity index (χ2n) is 7.05. The Kier molecular flexibility index (Phi) is 6.66. The van der Waals surface area contributed by atoms with E-state index in [1.54, 1.807) is 30.1 Å². The Morgan fingerprint density at radius 2 is 2.00 bits per heavy atom. The number of primary amides is 1. The molecule has 2 aromatic carbocycles. The molecule has 3 rings (SSSR count). The van der Waals surface area contributed by atoms with E-state index in [4.69, 9.17) is 19.9 Å². The van der Waals surface area contributed by atoms with Crippen molar-refractivity contribution < 1.29 is 23.8 Å². The maximum absolute atomic E-state index is 12.9. The second kappa shape index (κ2) is 9.39. The molecule has 1 aliphatic heterocycles. The fourth-order valence-electron chi connectivity index (χ4n) is 3.45. The van der Waals surface area contributed by atoms with Crippen molar-refractivity contribution in [2.45, 2.75) is 13.0 Å². The van der Waals surface area contributed by atoms with Crippen LogP contribution in [-0.2, 0) is 4.79 Å². The zero-order chi connectivity index (χ0) is 21.7. The van der Waals surface area contributed by atoms with Crippen molar-refractivity contribution in [2.75, 3.05) is 45.3 Å². The predicted octanol–water partition coefficient (Wildman–Crippen LogP) is 1.92. The molecule has 0 radical (unpaired) electrons. The Hall–Kier alpha value is -3.42. The molecule has 8 nitrogen and oxygen atoms in total. The van der Waals surface area contributed by atoms with Gasteiger partial charge >= 0.3 is 0 Å². The number of carbonyl (C=O) groups is 2. The van der Waals surface area contributed by atoms with Crippen LogP contribution in [0.15, 0.2) is 42.5 Å². The fraction of sp³-hybridized carbons (Fsp3) is 0.364. The molecule has 2 N–H and O–H groups in total. The number of likely N-dealkylation sites (N-methyl/N-ethyl adjacent to an activating group) is 2. The number of nitrogens with two attached hydrogens (primary N) is 1. The van der Waals surface area contributed by atoms with Gasteiger partial charge in [0.15, 0.2) is 18.1 Å². The van der Waals surface area contributed by atoms with Gasteiger partial charge < -0.3 is 29.7 Å². The SMILES string of the molecule is CCN1C[C@H](CN(C)C(=O)c2ccc(OCC(N)=O)c(OC)c2)Oc2ccccc21. The Labute approximate surface area is 176 Å². The Morgan fingerprint density at radius 3 is 2.70 bits per heavy atom. The highest BCUT2D eigenvalue weighted by Crippen LogP contribution is 2.33. The van der Waals surface area contributed by atoms with Crippen LogP contribution in [0.3, 0.4) is 0 Å². The highest BCUT2D eigenvalue weighted by atomic mass is 16.5. The zero-order valence-corrected chi connectivity index (χ0v) is 17.5. The molecule has 0 bridgehead atoms. The van der Waals surface area contributed by atoms with Crippen LogP contribution in [0.5, 0.6) is 17.2 Å². The lowest BCUT2D eigenvalue weighted by Gasteiger charge is -2.37. The van der Waals surface area contributed by atoms with Crippen LogP contribution in [-0.4, -0.2) is 63.2 Å². The minimum absolute atomic E-state index is 0.145. The molecule has 2 amide bonds. The van der Waals surface area contributed by atoms with Gasteiger partial charge in [0.1, 0.15) is 11.9 Å². The summed E-state index contributed by atoms with van der Waals surface area (Å²) in [6, 6.07) is 12.7. The molecule has 0 aliphatic carbocycles. The monoisotopic (exact) mass is 413 g/mol. The minimum Gasteiger partial charge on any atom is -0.493 e. The van der Waals surface area contributed by atoms with Crippen LogP contribution in [0.1, 0.15) is 17.3 Å². The van der Waals surface area contributed by atoms with E-state index < -0.39 is 5.91 Å². The highest BCUT2D eigenvalue weighted by molar-refractivity contribution is 5.94. The highest BCUT2D eigenvalue weighted by Gasteiger charge is 2.27. The molecule has 0 unspecified atom stereocenters. The van der Waals surface area contributed by atoms with Gasteiger partial charge in [-0.05, 0) is 37.3 Å². The average molecular weight is 413 g/mol. The molecule has 0 spiro atoms. The van der Waals surface area contributed by atoms with Crippen molar-refractivity contribution >= 4 is 17.5 Å². The van der Waals surface area contributed by atoms with Crippen molar-refractivity contribution in [3.8, 4) is 17.2 Å². The minimum atomic E-state index is -0.591. The average Bonchev–Trinajstić information content (AvgIpc) is 2.76. The molecular formula is C22H27N3O5. The van der Waals surface area contributed by atoms with Gasteiger partial charge in [-0.2, -0.15) is 0 Å². The molecular weight excluding hydrogens is 386 g/mol. The Bertz CT molecular complexity index is 917. The molecule has 1 atom stereocenters. The second-order valence-corrected chi connectivity index (χ2v) is 7.05. The number of ether oxygens (including phenoxy) is 3. The number of carbonyl (C=O) groups excluding carboxylic acids is 2. The Morgan fingerprint density at radius 1 is 1.23 bits per heavy atom. The van der Waals surface area contributed by atoms with Gasteiger partial charge in [-0.3, -0.25) is 9.59 Å². The molecule has 0 aromatic heterocycles. The normalized spacial score (nSPS) is 15.0. The summed E-state index contributed by atoms with van der Waals surface area (Å²) in [6.45, 7) is 3.83. The van der Waals surface area contributed by atoms with Crippen molar-refractivity contribution in [1.29, 1.82) is 0 Å². The van der Waals surface area contributed by atoms with Crippen molar-refractivity contribution in [3.63, 3.8) is 0 Å². The van der Waals surface area contributed by atoms with Gasteiger partial charge in [-0.1, -0.05) is 12.1 Å². The molecule has 0 saturated carbocycles. The summed E-state index contributed by atoms with van der Waals surface area (Å²) in [7, 11) is 3.21. The summed E-state index contributed by atoms with van der Waals surface area (Å²) >= 11 is 0. The fourth-order valence-corrected chi connectivity index (χ4v) is 3.45. The number of para-hydroxylation sites is 2. The number of fused-ring (bicyclic) bond motifs is 1. The molecule has 0 saturated heterocycles. The van der Waals surface area contributed by atoms with Gasteiger partial charge in [0, 0.05) is 19.2 Å². The lowest BCUT2D eigenvalue weighted by Crippen LogP contribution is -2.46. The number of methoxy groups -OCH3 is 1. The molecule has 160 valence electrons. The summed E-state index contributed by atoms with van der Waals surface area (Å²) in [5, 5.41) is 0. The molecule has 30 heavy (non-hydrogen) atoms. The largest absolute Gasteiger partial charge is 0.493 e. The summed E-state index contributed by atoms with van der Waals surface area (Å²) in [6.07, 6.45) is -0.145. The van der Waals surface area contributed by atoms with E-state index in [2.05, 4.69) is 11.8 Å². The topological polar surface area (TPSA) is 94.3 Å². The lowest BCUT2D eigenvalue weighted by atomic mass is 10.1. The van der Waals surface area contributed by atoms with Gasteiger partial charge in [0.25, 0.3) is 11.8 Å². The maximum Gasteiger partial charge on any atom is 0.255 e. The number of amides is 2. The van der Waals surface area contributed by atoms with Crippen LogP contribution in [0.4, 0.5) is 5.69 Å². The van der Waals surface area contributed by atoms with Gasteiger partial charge in [-0.25, -0.2) is 0 Å². The first-order chi connectivity index (χ1) is 14.4. The number of nitrogens with zero attached hydrogens (tertiary/aromatic N) is 2. The number of benzene rings is 2. The van der Waals surface area contributed by atoms with E-state index in [0.717, 1.165) is 18.0 Å². The molecule has 2 aromatic rings. The lowest BCUT2D eigenvalue weighted by molar-refractivity contribution is -0.119. The third-order valence-corrected chi connectivity index (χ3v) is 4.91. The standard InChI is InChI=1S/C22H27N3O5/c1-4-25-13-16(30-18-8-6-5-7-17(18)25)12-24(2)22(27)15-9-10-19(20(11-15)28-3)29-14-21(23)26/h5-11,16H,4,12-14H2,1-3H3,(H2,23,26)/t16-/m0/s1. The smallest absolute Gasteiger partial charge is 0.255 e. The zero-order valence-electron chi connectivity index (χ0n) is 17.5. The van der Waals surface area contributed by atoms with Crippen LogP contribution in [0.2, 0.25) is 0 Å². The predicted molar refractivity (Wildman–Crippen MR) is 113 cm³/mol. The van der Waals surface area contributed by atoms with E-state index in [0.29, 0.717) is 30.2 Å². The summed E-state index contributed by atoms with van der Waals surface area (Å²) in [5.74, 6) is 0.776. The number of hydrogen-bond donors (Lipinski definition) is 1. The molecule has 8 heteroatoms. The van der Waals surface area contributed by atoms with Gasteiger partial charge in [0.05, 0.1) is 25.9 Å². The number of hydrogen-bond acceptors (Lipinski definition) is 6. The number of anilines is 1. The molecule has 0 fully saturated rings. The summed E-state index contributed by atoms with van der Waals surface area (Å²) in [5.41, 5.74) is 6.63. The maximum atomic E-state index is 12.9. The Balaban J connectivity index is 1.69. The van der Waals surface area contributed by atoms with Crippen LogP contribution < -0.4 is 24.8 Å². The van der Waals surface area contributed by atoms with E-state index in [1.807, 2.05) is 24.3 Å². The first kappa shape index (κ1) is 21.3. The van der Waals surface area contributed by atoms with Crippen molar-refractivity contribution in [3.05, 3.63) is 48.0 Å². The first-order valence-corrected chi connectivity index (χ1v) is 9.78. The van der Waals surface area contributed by atoms with E-state index >= 15 is 0 Å². The van der Waals surface area contributed by atoms with Crippen LogP contribution in [0, 0.1) is 0 Å². The molecule has 1 heterocycles. The van der Waals surface area contributed by atoms with E-state index in [1.165, 1.54) is 7.11 Å². The van der Waals surface area contributed by atoms with Gasteiger partial charge in [0.2, 0.25) is 0 Å². The summed E-state index contributed by atoms with van der Waals surface area (Å²) in [4.78, 5) is 27.8. The van der Waals surface area contributed by atoms with E-state index in [-0.39, 0.29) is 18.6 Å². The van der Waals surface area contributed by atoms with Crippen molar-refractivity contribution in [2.24, 2.45) is 5.73 Å². The van der Waals surface area contributed by atoms with Crippen LogP contribution >= 0.6 is 0 Å².